The molecule has 0 saturated heterocycles. The molecule has 4 aliphatic rings. The van der Waals surface area contributed by atoms with Gasteiger partial charge in [0.15, 0.2) is 11.6 Å². The van der Waals surface area contributed by atoms with Crippen LogP contribution in [0.4, 0.5) is 0 Å². The van der Waals surface area contributed by atoms with Gasteiger partial charge in [-0.25, -0.2) is 4.98 Å². The molecule has 0 aromatic carbocycles. The van der Waals surface area contributed by atoms with E-state index in [1.807, 2.05) is 19.9 Å². The lowest BCUT2D eigenvalue weighted by Gasteiger charge is -2.56. The van der Waals surface area contributed by atoms with Crippen molar-refractivity contribution in [3.8, 4) is 0 Å². The number of ketones is 3. The van der Waals surface area contributed by atoms with Gasteiger partial charge in [-0.2, -0.15) is 0 Å². The zero-order chi connectivity index (χ0) is 31.5. The second-order valence-electron chi connectivity index (χ2n) is 12.1. The van der Waals surface area contributed by atoms with Crippen molar-refractivity contribution >= 4 is 32.5 Å². The number of imidazole rings is 1. The Labute approximate surface area is 241 Å². The maximum absolute atomic E-state index is 13.3. The van der Waals surface area contributed by atoms with Crippen LogP contribution in [0.3, 0.4) is 0 Å². The topological polar surface area (TPSA) is 245 Å². The Morgan fingerprint density at radius 1 is 1.14 bits per heavy atom. The molecule has 1 aromatic heterocycles. The second kappa shape index (κ2) is 10.8. The summed E-state index contributed by atoms with van der Waals surface area (Å²) in [5.74, 6) is -0.590. The quantitative estimate of drug-likeness (QED) is 0.214. The first-order chi connectivity index (χ1) is 19.2. The molecule has 42 heavy (non-hydrogen) atoms. The highest BCUT2D eigenvalue weighted by molar-refractivity contribution is 7.72. The van der Waals surface area contributed by atoms with Crippen LogP contribution in [-0.2, 0) is 30.1 Å². The Morgan fingerprint density at radius 2 is 1.79 bits per heavy atom. The number of carbonyl (C=O) groups excluding carboxylic acids is 3. The number of allylic oxidation sites excluding steroid dienone is 4. The van der Waals surface area contributed by atoms with E-state index < -0.39 is 55.6 Å². The molecule has 7 N–H and O–H groups in total. The molecule has 5 rings (SSSR count). The van der Waals surface area contributed by atoms with Crippen LogP contribution >= 0.6 is 15.2 Å². The summed E-state index contributed by atoms with van der Waals surface area (Å²) in [7, 11) is -10.8. The summed E-state index contributed by atoms with van der Waals surface area (Å²) in [4.78, 5) is 76.1. The fourth-order valence-corrected chi connectivity index (χ4v) is 9.65. The van der Waals surface area contributed by atoms with Crippen LogP contribution in [-0.4, -0.2) is 79.1 Å². The molecule has 0 unspecified atom stereocenters. The monoisotopic (exact) mass is 630 g/mol. The van der Waals surface area contributed by atoms with Crippen molar-refractivity contribution in [2.24, 2.45) is 28.6 Å². The average molecular weight is 631 g/mol. The predicted octanol–water partition coefficient (Wildman–Crippen LogP) is 0.650. The third-order valence-corrected chi connectivity index (χ3v) is 13.6. The van der Waals surface area contributed by atoms with Crippen molar-refractivity contribution in [2.45, 2.75) is 63.2 Å². The summed E-state index contributed by atoms with van der Waals surface area (Å²) in [5.41, 5.74) is -1.86. The van der Waals surface area contributed by atoms with Gasteiger partial charge in [0.25, 0.3) is 5.08 Å². The molecule has 0 radical (unpaired) electrons. The van der Waals surface area contributed by atoms with Crippen molar-refractivity contribution in [1.82, 2.24) is 9.55 Å². The number of hydrogen-bond donors (Lipinski definition) is 7. The Hall–Kier alpha value is -2.12. The van der Waals surface area contributed by atoms with E-state index in [0.717, 1.165) is 29.3 Å². The Bertz CT molecular complexity index is 1410. The zero-order valence-corrected chi connectivity index (χ0v) is 24.9. The average Bonchev–Trinajstić information content (AvgIpc) is 3.48. The minimum Gasteiger partial charge on any atom is -0.388 e. The Balaban J connectivity index is 0.000000219. The maximum atomic E-state index is 13.3. The van der Waals surface area contributed by atoms with Gasteiger partial charge in [0.2, 0.25) is 0 Å². The number of nitrogens with zero attached hydrogens (tertiary/aromatic N) is 2. The van der Waals surface area contributed by atoms with Crippen molar-refractivity contribution in [1.29, 1.82) is 0 Å². The molecular weight excluding hydrogens is 594 g/mol. The van der Waals surface area contributed by atoms with Crippen LogP contribution in [0.1, 0.15) is 46.0 Å². The van der Waals surface area contributed by atoms with Gasteiger partial charge in [-0.15, -0.1) is 0 Å². The van der Waals surface area contributed by atoms with Crippen LogP contribution in [0.5, 0.6) is 0 Å². The highest BCUT2D eigenvalue weighted by Gasteiger charge is 2.68. The fraction of sp³-hybridized carbons (Fsp3) is 0.615. The van der Waals surface area contributed by atoms with Crippen molar-refractivity contribution in [3.63, 3.8) is 0 Å². The van der Waals surface area contributed by atoms with E-state index in [2.05, 4.69) is 4.98 Å². The largest absolute Gasteiger partial charge is 0.388 e. The number of hydrogen-bond acceptors (Lipinski definition) is 9. The molecule has 14 nitrogen and oxygen atoms in total. The molecule has 0 amide bonds. The van der Waals surface area contributed by atoms with Crippen molar-refractivity contribution in [2.75, 3.05) is 6.61 Å². The van der Waals surface area contributed by atoms with Crippen molar-refractivity contribution in [3.05, 3.63) is 42.5 Å². The minimum absolute atomic E-state index is 0.0206. The Morgan fingerprint density at radius 3 is 2.33 bits per heavy atom. The molecule has 6 atom stereocenters. The van der Waals surface area contributed by atoms with E-state index in [-0.39, 0.29) is 35.7 Å². The third kappa shape index (κ3) is 5.06. The molecule has 3 saturated carbocycles. The first-order valence-corrected chi connectivity index (χ1v) is 16.6. The highest BCUT2D eigenvalue weighted by atomic mass is 31.2. The summed E-state index contributed by atoms with van der Waals surface area (Å²) in [6, 6.07) is 0. The summed E-state index contributed by atoms with van der Waals surface area (Å²) in [6.45, 7) is 2.23. The molecule has 0 spiro atoms. The predicted molar refractivity (Wildman–Crippen MR) is 145 cm³/mol. The zero-order valence-electron chi connectivity index (χ0n) is 23.1. The molecule has 16 heteroatoms. The number of Topliss-reactive ketones (excluding diaryl/α,β-unsaturated/α-hetero) is 2. The van der Waals surface area contributed by atoms with Gasteiger partial charge >= 0.3 is 15.2 Å². The molecule has 232 valence electrons. The fourth-order valence-electron chi connectivity index (χ4n) is 7.60. The normalized spacial score (nSPS) is 34.5. The lowest BCUT2D eigenvalue weighted by Crippen LogP contribution is -2.60. The van der Waals surface area contributed by atoms with Crippen LogP contribution in [0.2, 0.25) is 0 Å². The first kappa shape index (κ1) is 32.8. The second-order valence-corrected chi connectivity index (χ2v) is 16.1. The summed E-state index contributed by atoms with van der Waals surface area (Å²) >= 11 is 0. The van der Waals surface area contributed by atoms with E-state index in [1.165, 1.54) is 12.4 Å². The summed E-state index contributed by atoms with van der Waals surface area (Å²) in [5, 5.41) is 26.5. The van der Waals surface area contributed by atoms with Gasteiger partial charge < -0.3 is 39.5 Å². The van der Waals surface area contributed by atoms with Gasteiger partial charge in [0.05, 0.1) is 12.9 Å². The van der Waals surface area contributed by atoms with E-state index in [9.17, 15) is 38.8 Å². The van der Waals surface area contributed by atoms with Gasteiger partial charge in [-0.1, -0.05) is 25.5 Å². The van der Waals surface area contributed by atoms with Crippen LogP contribution in [0, 0.1) is 28.6 Å². The highest BCUT2D eigenvalue weighted by Crippen LogP contribution is 2.68. The summed E-state index contributed by atoms with van der Waals surface area (Å²) < 4.78 is 22.8. The maximum Gasteiger partial charge on any atom is 0.371 e. The molecule has 3 fully saturated rings. The SMILES string of the molecule is C[C@]12C=CC(=O)C=C1CC[C@@H]1[C@@H]2C(=O)C[C@@]2(C)[C@H]1CC[C@]2(O)C(=O)CO.O=P(O)(O)C(O)(Cn1ccnc1)P(=O)(O)O. The van der Waals surface area contributed by atoms with E-state index >= 15 is 0 Å². The van der Waals surface area contributed by atoms with E-state index in [1.54, 1.807) is 12.2 Å². The van der Waals surface area contributed by atoms with Crippen LogP contribution < -0.4 is 0 Å². The standard InChI is InChI=1S/C21H26O5.C5H10N2O7P2/c1-19-7-5-13(23)9-12(19)3-4-14-15-6-8-21(26,17(25)11-22)20(15,2)10-16(24)18(14)19;8-5(15(9,10)11,16(12,13)14)3-7-2-1-6-4-7/h5,7,9,14-15,18,22,26H,3-4,6,8,10-11H2,1-2H3;1-2,4,8H,3H2,(H2,9,10,11)(H2,12,13,14)/t14-,15-,18+,19-,20-,21-;/m0./s1. The minimum atomic E-state index is -5.41. The molecule has 4 aliphatic carbocycles. The third-order valence-electron chi connectivity index (χ3n) is 9.90. The van der Waals surface area contributed by atoms with Crippen LogP contribution in [0.25, 0.3) is 0 Å². The molecule has 0 bridgehead atoms. The number of fused-ring (bicyclic) bond motifs is 5. The van der Waals surface area contributed by atoms with E-state index in [0.29, 0.717) is 12.8 Å². The van der Waals surface area contributed by atoms with Gasteiger partial charge in [0.1, 0.15) is 18.0 Å². The number of carbonyl (C=O) groups is 3. The number of rotatable bonds is 6. The number of aliphatic hydroxyl groups is 3. The van der Waals surface area contributed by atoms with Gasteiger partial charge in [0, 0.05) is 35.6 Å². The van der Waals surface area contributed by atoms with Crippen molar-refractivity contribution < 1.29 is 58.4 Å². The molecule has 1 heterocycles. The number of aliphatic hydroxyl groups excluding tert-OH is 1. The molecular formula is C26H36N2O12P2. The van der Waals surface area contributed by atoms with E-state index in [4.69, 9.17) is 19.6 Å². The van der Waals surface area contributed by atoms with Gasteiger partial charge in [-0.3, -0.25) is 23.5 Å². The number of aromatic nitrogens is 2. The van der Waals surface area contributed by atoms with Crippen LogP contribution in [0.15, 0.2) is 42.5 Å². The lowest BCUT2D eigenvalue weighted by molar-refractivity contribution is -0.168. The van der Waals surface area contributed by atoms with Gasteiger partial charge in [-0.05, 0) is 49.7 Å². The first-order valence-electron chi connectivity index (χ1n) is 13.4. The Kier molecular flexibility index (Phi) is 8.43. The molecule has 0 aliphatic heterocycles. The lowest BCUT2D eigenvalue weighted by atomic mass is 9.46. The molecule has 1 aromatic rings. The smallest absolute Gasteiger partial charge is 0.371 e. The summed E-state index contributed by atoms with van der Waals surface area (Å²) in [6.07, 6.45) is 11.3.